The molecular weight excluding hydrogens is 274 g/mol. The van der Waals surface area contributed by atoms with Crippen LogP contribution in [0, 0.1) is 0 Å². The lowest BCUT2D eigenvalue weighted by Crippen LogP contribution is -2.58. The number of nitrogens with one attached hydrogen (secondary N) is 2. The zero-order chi connectivity index (χ0) is 15.3. The highest BCUT2D eigenvalue weighted by atomic mass is 16.5. The Morgan fingerprint density at radius 1 is 1.38 bits per heavy atom. The van der Waals surface area contributed by atoms with Crippen LogP contribution in [0.15, 0.2) is 0 Å². The maximum absolute atomic E-state index is 11.9. The number of carboxylic acids is 1. The van der Waals surface area contributed by atoms with Gasteiger partial charge in [-0.15, -0.1) is 0 Å². The summed E-state index contributed by atoms with van der Waals surface area (Å²) in [6.07, 6.45) is 5.32. The maximum atomic E-state index is 11.9. The van der Waals surface area contributed by atoms with E-state index in [0.29, 0.717) is 25.6 Å². The molecular formula is C14H25N3O4. The van der Waals surface area contributed by atoms with E-state index < -0.39 is 17.5 Å². The highest BCUT2D eigenvalue weighted by molar-refractivity contribution is 5.86. The van der Waals surface area contributed by atoms with Gasteiger partial charge in [-0.05, 0) is 19.9 Å². The number of carbonyl (C=O) groups is 2. The van der Waals surface area contributed by atoms with Gasteiger partial charge in [-0.1, -0.05) is 12.8 Å². The molecule has 0 aromatic carbocycles. The maximum Gasteiger partial charge on any atom is 0.332 e. The standard InChI is InChI=1S/C14H25N3O4/c1-17(11-4-2-3-5-11)8-7-15-13(20)16-14(12(18)19)6-9-21-10-14/h11H,2-10H2,1H3,(H,18,19)(H2,15,16,20). The number of carbonyl (C=O) groups excluding carboxylic acids is 1. The van der Waals surface area contributed by atoms with Crippen LogP contribution in [0.1, 0.15) is 32.1 Å². The molecule has 7 nitrogen and oxygen atoms in total. The molecule has 2 aliphatic rings. The molecule has 0 aromatic rings. The Morgan fingerprint density at radius 2 is 2.10 bits per heavy atom. The van der Waals surface area contributed by atoms with Gasteiger partial charge < -0.3 is 25.4 Å². The van der Waals surface area contributed by atoms with Crippen molar-refractivity contribution in [2.24, 2.45) is 0 Å². The summed E-state index contributed by atoms with van der Waals surface area (Å²) in [5.41, 5.74) is -1.28. The SMILES string of the molecule is CN(CCNC(=O)NC1(C(=O)O)CCOC1)C1CCCC1. The summed E-state index contributed by atoms with van der Waals surface area (Å²) < 4.78 is 5.10. The van der Waals surface area contributed by atoms with Crippen LogP contribution in [0.25, 0.3) is 0 Å². The number of hydrogen-bond donors (Lipinski definition) is 3. The number of hydrogen-bond acceptors (Lipinski definition) is 4. The van der Waals surface area contributed by atoms with Gasteiger partial charge in [0, 0.05) is 32.2 Å². The topological polar surface area (TPSA) is 90.9 Å². The fourth-order valence-corrected chi connectivity index (χ4v) is 3.02. The number of urea groups is 1. The molecule has 7 heteroatoms. The Labute approximate surface area is 125 Å². The molecule has 1 saturated carbocycles. The molecule has 2 rings (SSSR count). The van der Waals surface area contributed by atoms with Crippen molar-refractivity contribution in [1.29, 1.82) is 0 Å². The van der Waals surface area contributed by atoms with Gasteiger partial charge in [-0.2, -0.15) is 0 Å². The first-order chi connectivity index (χ1) is 10.0. The van der Waals surface area contributed by atoms with Gasteiger partial charge in [-0.3, -0.25) is 0 Å². The molecule has 1 unspecified atom stereocenters. The van der Waals surface area contributed by atoms with E-state index in [1.165, 1.54) is 25.7 Å². The summed E-state index contributed by atoms with van der Waals surface area (Å²) in [5.74, 6) is -1.04. The normalized spacial score (nSPS) is 26.2. The van der Waals surface area contributed by atoms with Crippen molar-refractivity contribution in [3.05, 3.63) is 0 Å². The smallest absolute Gasteiger partial charge is 0.332 e. The third-order valence-corrected chi connectivity index (χ3v) is 4.48. The van der Waals surface area contributed by atoms with Crippen LogP contribution in [0.3, 0.4) is 0 Å². The predicted octanol–water partition coefficient (Wildman–Crippen LogP) is 0.404. The van der Waals surface area contributed by atoms with E-state index in [0.717, 1.165) is 6.54 Å². The average molecular weight is 299 g/mol. The summed E-state index contributed by atoms with van der Waals surface area (Å²) >= 11 is 0. The monoisotopic (exact) mass is 299 g/mol. The van der Waals surface area contributed by atoms with Gasteiger partial charge in [0.05, 0.1) is 6.61 Å². The Bertz CT molecular complexity index is 376. The second-order valence-electron chi connectivity index (χ2n) is 5.99. The van der Waals surface area contributed by atoms with E-state index >= 15 is 0 Å². The zero-order valence-electron chi connectivity index (χ0n) is 12.6. The van der Waals surface area contributed by atoms with Crippen molar-refractivity contribution in [3.63, 3.8) is 0 Å². The van der Waals surface area contributed by atoms with Crippen molar-refractivity contribution in [2.45, 2.75) is 43.7 Å². The minimum Gasteiger partial charge on any atom is -0.479 e. The molecule has 1 aliphatic heterocycles. The molecule has 0 spiro atoms. The van der Waals surface area contributed by atoms with Crippen LogP contribution in [-0.2, 0) is 9.53 Å². The molecule has 120 valence electrons. The number of likely N-dealkylation sites (N-methyl/N-ethyl adjacent to an activating group) is 1. The van der Waals surface area contributed by atoms with Crippen LogP contribution in [-0.4, -0.2) is 66.9 Å². The first kappa shape index (κ1) is 16.0. The van der Waals surface area contributed by atoms with Crippen molar-refractivity contribution in [2.75, 3.05) is 33.4 Å². The van der Waals surface area contributed by atoms with Crippen molar-refractivity contribution in [3.8, 4) is 0 Å². The van der Waals surface area contributed by atoms with Crippen LogP contribution in [0.4, 0.5) is 4.79 Å². The summed E-state index contributed by atoms with van der Waals surface area (Å²) in [7, 11) is 2.07. The minimum absolute atomic E-state index is 0.0255. The highest BCUT2D eigenvalue weighted by Gasteiger charge is 2.43. The molecule has 1 saturated heterocycles. The molecule has 3 N–H and O–H groups in total. The molecule has 0 radical (unpaired) electrons. The van der Waals surface area contributed by atoms with E-state index in [2.05, 4.69) is 22.6 Å². The van der Waals surface area contributed by atoms with E-state index in [1.54, 1.807) is 0 Å². The summed E-state index contributed by atoms with van der Waals surface area (Å²) in [6.45, 7) is 1.67. The Balaban J connectivity index is 1.70. The lowest BCUT2D eigenvalue weighted by Gasteiger charge is -2.26. The Kier molecular flexibility index (Phi) is 5.41. The van der Waals surface area contributed by atoms with Crippen LogP contribution in [0.5, 0.6) is 0 Å². The van der Waals surface area contributed by atoms with Crippen molar-refractivity contribution in [1.82, 2.24) is 15.5 Å². The second kappa shape index (κ2) is 7.09. The fraction of sp³-hybridized carbons (Fsp3) is 0.857. The van der Waals surface area contributed by atoms with E-state index in [4.69, 9.17) is 4.74 Å². The zero-order valence-corrected chi connectivity index (χ0v) is 12.6. The van der Waals surface area contributed by atoms with Crippen LogP contribution >= 0.6 is 0 Å². The van der Waals surface area contributed by atoms with Gasteiger partial charge in [0.15, 0.2) is 5.54 Å². The Morgan fingerprint density at radius 3 is 2.67 bits per heavy atom. The molecule has 2 amide bonds. The van der Waals surface area contributed by atoms with Crippen molar-refractivity contribution >= 4 is 12.0 Å². The minimum atomic E-state index is -1.28. The number of aliphatic carboxylic acids is 1. The van der Waals surface area contributed by atoms with Crippen LogP contribution in [0.2, 0.25) is 0 Å². The molecule has 21 heavy (non-hydrogen) atoms. The third-order valence-electron chi connectivity index (χ3n) is 4.48. The summed E-state index contributed by atoms with van der Waals surface area (Å²) in [6, 6.07) is 0.172. The highest BCUT2D eigenvalue weighted by Crippen LogP contribution is 2.22. The van der Waals surface area contributed by atoms with E-state index in [9.17, 15) is 14.7 Å². The lowest BCUT2D eigenvalue weighted by atomic mass is 9.99. The first-order valence-electron chi connectivity index (χ1n) is 7.61. The van der Waals surface area contributed by atoms with Gasteiger partial charge in [0.25, 0.3) is 0 Å². The second-order valence-corrected chi connectivity index (χ2v) is 5.99. The third kappa shape index (κ3) is 4.07. The van der Waals surface area contributed by atoms with E-state index in [-0.39, 0.29) is 6.61 Å². The predicted molar refractivity (Wildman–Crippen MR) is 77.2 cm³/mol. The molecule has 1 atom stereocenters. The number of amides is 2. The first-order valence-corrected chi connectivity index (χ1v) is 7.61. The van der Waals surface area contributed by atoms with Gasteiger partial charge in [-0.25, -0.2) is 9.59 Å². The number of nitrogens with zero attached hydrogens (tertiary/aromatic N) is 1. The number of rotatable bonds is 6. The van der Waals surface area contributed by atoms with Gasteiger partial charge >= 0.3 is 12.0 Å². The number of ether oxygens (including phenoxy) is 1. The van der Waals surface area contributed by atoms with E-state index in [1.807, 2.05) is 0 Å². The van der Waals surface area contributed by atoms with Crippen LogP contribution < -0.4 is 10.6 Å². The summed E-state index contributed by atoms with van der Waals surface area (Å²) in [5, 5.41) is 14.5. The van der Waals surface area contributed by atoms with Crippen molar-refractivity contribution < 1.29 is 19.4 Å². The molecule has 0 aromatic heterocycles. The van der Waals surface area contributed by atoms with Gasteiger partial charge in [0.1, 0.15) is 0 Å². The summed E-state index contributed by atoms with van der Waals surface area (Å²) in [4.78, 5) is 25.4. The molecule has 0 bridgehead atoms. The van der Waals surface area contributed by atoms with Gasteiger partial charge in [0.2, 0.25) is 0 Å². The Hall–Kier alpha value is -1.34. The largest absolute Gasteiger partial charge is 0.479 e. The molecule has 2 fully saturated rings. The lowest BCUT2D eigenvalue weighted by molar-refractivity contribution is -0.144. The molecule has 1 aliphatic carbocycles. The average Bonchev–Trinajstić information content (AvgIpc) is 3.10. The fourth-order valence-electron chi connectivity index (χ4n) is 3.02. The number of carboxylic acid groups (broad SMARTS) is 1. The quantitative estimate of drug-likeness (QED) is 0.660. The molecule has 1 heterocycles.